The maximum Gasteiger partial charge on any atom is 0.329 e. The van der Waals surface area contributed by atoms with Crippen LogP contribution in [0.15, 0.2) is 21.7 Å². The zero-order chi connectivity index (χ0) is 16.5. The number of hydrogen-bond acceptors (Lipinski definition) is 5. The summed E-state index contributed by atoms with van der Waals surface area (Å²) in [5, 5.41) is 11.0. The quantitative estimate of drug-likeness (QED) is 0.824. The van der Waals surface area contributed by atoms with Crippen LogP contribution in [0.2, 0.25) is 0 Å². The van der Waals surface area contributed by atoms with Gasteiger partial charge >= 0.3 is 5.97 Å². The summed E-state index contributed by atoms with van der Waals surface area (Å²) in [5.41, 5.74) is -1.28. The van der Waals surface area contributed by atoms with Gasteiger partial charge in [-0.25, -0.2) is 13.2 Å². The minimum Gasteiger partial charge on any atom is -0.480 e. The Morgan fingerprint density at radius 1 is 1.50 bits per heavy atom. The van der Waals surface area contributed by atoms with Gasteiger partial charge in [-0.05, 0) is 38.1 Å². The lowest BCUT2D eigenvalue weighted by molar-refractivity contribution is -0.155. The van der Waals surface area contributed by atoms with Crippen LogP contribution >= 0.6 is 11.3 Å². The van der Waals surface area contributed by atoms with E-state index in [-0.39, 0.29) is 4.21 Å². The SMILES string of the molecule is CC(NS(=O)(=O)c1cccs1)C(=O)N1CCCC1(C)C(=O)O. The molecule has 1 aromatic heterocycles. The van der Waals surface area contributed by atoms with E-state index in [1.165, 1.54) is 24.8 Å². The lowest BCUT2D eigenvalue weighted by Crippen LogP contribution is -2.56. The molecular weight excluding hydrogens is 328 g/mol. The van der Waals surface area contributed by atoms with E-state index in [1.807, 2.05) is 0 Å². The predicted molar refractivity (Wildman–Crippen MR) is 81.1 cm³/mol. The highest BCUT2D eigenvalue weighted by Crippen LogP contribution is 2.30. The van der Waals surface area contributed by atoms with Gasteiger partial charge in [0, 0.05) is 6.54 Å². The Bertz CT molecular complexity index is 671. The van der Waals surface area contributed by atoms with Gasteiger partial charge in [-0.15, -0.1) is 11.3 Å². The van der Waals surface area contributed by atoms with Gasteiger partial charge in [-0.1, -0.05) is 6.07 Å². The second-order valence-electron chi connectivity index (χ2n) is 5.45. The molecule has 0 bridgehead atoms. The van der Waals surface area contributed by atoms with Gasteiger partial charge in [0.1, 0.15) is 9.75 Å². The molecule has 2 rings (SSSR count). The lowest BCUT2D eigenvalue weighted by atomic mass is 9.99. The molecule has 1 fully saturated rings. The van der Waals surface area contributed by atoms with Crippen molar-refractivity contribution < 1.29 is 23.1 Å². The van der Waals surface area contributed by atoms with E-state index in [1.54, 1.807) is 11.4 Å². The molecule has 7 nitrogen and oxygen atoms in total. The van der Waals surface area contributed by atoms with E-state index in [9.17, 15) is 23.1 Å². The highest BCUT2D eigenvalue weighted by atomic mass is 32.2. The maximum absolute atomic E-state index is 12.5. The average Bonchev–Trinajstić information content (AvgIpc) is 3.07. The van der Waals surface area contributed by atoms with Crippen molar-refractivity contribution in [3.8, 4) is 0 Å². The van der Waals surface area contributed by atoms with Crippen molar-refractivity contribution in [3.63, 3.8) is 0 Å². The van der Waals surface area contributed by atoms with Crippen LogP contribution in [0, 0.1) is 0 Å². The van der Waals surface area contributed by atoms with E-state index in [0.717, 1.165) is 11.3 Å². The minimum atomic E-state index is -3.77. The average molecular weight is 346 g/mol. The number of thiophene rings is 1. The number of carbonyl (C=O) groups excluding carboxylic acids is 1. The number of carbonyl (C=O) groups is 2. The van der Waals surface area contributed by atoms with Crippen LogP contribution in [0.3, 0.4) is 0 Å². The first-order valence-electron chi connectivity index (χ1n) is 6.79. The summed E-state index contributed by atoms with van der Waals surface area (Å²) in [4.78, 5) is 25.1. The summed E-state index contributed by atoms with van der Waals surface area (Å²) in [6, 6.07) is 2.03. The second kappa shape index (κ2) is 5.98. The molecule has 2 heterocycles. The lowest BCUT2D eigenvalue weighted by Gasteiger charge is -2.33. The van der Waals surface area contributed by atoms with Gasteiger partial charge in [0.05, 0.1) is 6.04 Å². The van der Waals surface area contributed by atoms with Crippen molar-refractivity contribution in [2.75, 3.05) is 6.54 Å². The Morgan fingerprint density at radius 3 is 2.73 bits per heavy atom. The van der Waals surface area contributed by atoms with E-state index in [2.05, 4.69) is 4.72 Å². The maximum atomic E-state index is 12.5. The van der Waals surface area contributed by atoms with Gasteiger partial charge in [0.25, 0.3) is 10.0 Å². The van der Waals surface area contributed by atoms with E-state index in [4.69, 9.17) is 0 Å². The third-order valence-electron chi connectivity index (χ3n) is 3.83. The van der Waals surface area contributed by atoms with Crippen LogP contribution < -0.4 is 4.72 Å². The fraction of sp³-hybridized carbons (Fsp3) is 0.538. The van der Waals surface area contributed by atoms with Crippen LogP contribution in [0.25, 0.3) is 0 Å². The summed E-state index contributed by atoms with van der Waals surface area (Å²) in [6.07, 6.45) is 0.942. The summed E-state index contributed by atoms with van der Waals surface area (Å²) in [6.45, 7) is 3.22. The van der Waals surface area contributed by atoms with Crippen molar-refractivity contribution in [3.05, 3.63) is 17.5 Å². The highest BCUT2D eigenvalue weighted by Gasteiger charge is 2.47. The Morgan fingerprint density at radius 2 is 2.18 bits per heavy atom. The molecule has 1 aliphatic heterocycles. The van der Waals surface area contributed by atoms with Crippen molar-refractivity contribution in [2.45, 2.75) is 42.5 Å². The van der Waals surface area contributed by atoms with Crippen molar-refractivity contribution in [1.82, 2.24) is 9.62 Å². The topological polar surface area (TPSA) is 104 Å². The number of nitrogens with one attached hydrogen (secondary N) is 1. The minimum absolute atomic E-state index is 0.120. The number of likely N-dealkylation sites (tertiary alicyclic amines) is 1. The summed E-state index contributed by atoms with van der Waals surface area (Å²) >= 11 is 1.05. The van der Waals surface area contributed by atoms with E-state index < -0.39 is 33.5 Å². The van der Waals surface area contributed by atoms with Crippen LogP contribution in [0.1, 0.15) is 26.7 Å². The first-order valence-corrected chi connectivity index (χ1v) is 9.15. The molecule has 2 atom stereocenters. The molecule has 1 saturated heterocycles. The number of sulfonamides is 1. The van der Waals surface area contributed by atoms with Crippen LogP contribution in [0.4, 0.5) is 0 Å². The van der Waals surface area contributed by atoms with Crippen LogP contribution in [-0.4, -0.2) is 48.4 Å². The number of amides is 1. The van der Waals surface area contributed by atoms with E-state index >= 15 is 0 Å². The molecule has 0 saturated carbocycles. The third-order valence-corrected chi connectivity index (χ3v) is 6.77. The molecular formula is C13H18N2O5S2. The smallest absolute Gasteiger partial charge is 0.329 e. The highest BCUT2D eigenvalue weighted by molar-refractivity contribution is 7.91. The first-order chi connectivity index (χ1) is 10.2. The van der Waals surface area contributed by atoms with Crippen molar-refractivity contribution >= 4 is 33.2 Å². The Kier molecular flexibility index (Phi) is 4.59. The van der Waals surface area contributed by atoms with Crippen molar-refractivity contribution in [2.24, 2.45) is 0 Å². The van der Waals surface area contributed by atoms with Gasteiger partial charge in [0.2, 0.25) is 5.91 Å². The number of aliphatic carboxylic acids is 1. The molecule has 0 aliphatic carbocycles. The molecule has 1 amide bonds. The van der Waals surface area contributed by atoms with Gasteiger partial charge < -0.3 is 10.0 Å². The standard InChI is InChI=1S/C13H18N2O5S2/c1-9(14-22(19,20)10-5-3-8-21-10)11(16)15-7-4-6-13(15,2)12(17)18/h3,5,8-9,14H,4,6-7H2,1-2H3,(H,17,18). The first kappa shape index (κ1) is 16.9. The normalized spacial score (nSPS) is 23.5. The number of rotatable bonds is 5. The molecule has 1 aromatic rings. The molecule has 0 aromatic carbocycles. The third kappa shape index (κ3) is 3.01. The Labute approximate surface area is 133 Å². The molecule has 2 unspecified atom stereocenters. The molecule has 9 heteroatoms. The predicted octanol–water partition coefficient (Wildman–Crippen LogP) is 0.881. The number of hydrogen-bond donors (Lipinski definition) is 2. The second-order valence-corrected chi connectivity index (χ2v) is 8.34. The largest absolute Gasteiger partial charge is 0.480 e. The zero-order valence-electron chi connectivity index (χ0n) is 12.3. The Hall–Kier alpha value is -1.45. The zero-order valence-corrected chi connectivity index (χ0v) is 13.9. The summed E-state index contributed by atoms with van der Waals surface area (Å²) in [5.74, 6) is -1.60. The molecule has 2 N–H and O–H groups in total. The summed E-state index contributed by atoms with van der Waals surface area (Å²) in [7, 11) is -3.77. The van der Waals surface area contributed by atoms with Gasteiger partial charge in [-0.3, -0.25) is 4.79 Å². The van der Waals surface area contributed by atoms with E-state index in [0.29, 0.717) is 19.4 Å². The summed E-state index contributed by atoms with van der Waals surface area (Å²) < 4.78 is 26.7. The monoisotopic (exact) mass is 346 g/mol. The Balaban J connectivity index is 2.15. The van der Waals surface area contributed by atoms with Crippen LogP contribution in [0.5, 0.6) is 0 Å². The molecule has 122 valence electrons. The fourth-order valence-corrected chi connectivity index (χ4v) is 4.74. The van der Waals surface area contributed by atoms with Gasteiger partial charge in [-0.2, -0.15) is 4.72 Å². The molecule has 0 radical (unpaired) electrons. The molecule has 1 aliphatic rings. The van der Waals surface area contributed by atoms with Gasteiger partial charge in [0.15, 0.2) is 0 Å². The van der Waals surface area contributed by atoms with Crippen molar-refractivity contribution in [1.29, 1.82) is 0 Å². The number of nitrogens with zero attached hydrogens (tertiary/aromatic N) is 1. The number of carboxylic acid groups (broad SMARTS) is 1. The number of carboxylic acids is 1. The molecule has 22 heavy (non-hydrogen) atoms. The van der Waals surface area contributed by atoms with Crippen LogP contribution in [-0.2, 0) is 19.6 Å². The molecule has 0 spiro atoms. The fourth-order valence-electron chi connectivity index (χ4n) is 2.53.